The van der Waals surface area contributed by atoms with Gasteiger partial charge in [0.1, 0.15) is 17.3 Å². The number of nitrogens with two attached hydrogens (primary N) is 2. The predicted octanol–water partition coefficient (Wildman–Crippen LogP) is 5.66. The van der Waals surface area contributed by atoms with Crippen LogP contribution in [0.2, 0.25) is 5.02 Å². The first-order chi connectivity index (χ1) is 14.5. The summed E-state index contributed by atoms with van der Waals surface area (Å²) in [6, 6.07) is 8.74. The number of carbonyl (C=O) groups excluding carboxylic acids is 1. The quantitative estimate of drug-likeness (QED) is 0.408. The lowest BCUT2D eigenvalue weighted by Gasteiger charge is -2.14. The molecule has 3 aromatic rings. The third-order valence-corrected chi connectivity index (χ3v) is 4.51. The van der Waals surface area contributed by atoms with E-state index in [1.807, 2.05) is 0 Å². The first-order valence-electron chi connectivity index (χ1n) is 8.78. The fourth-order valence-corrected chi connectivity index (χ4v) is 2.86. The number of benzene rings is 2. The Bertz CT molecular complexity index is 1140. The van der Waals surface area contributed by atoms with E-state index in [9.17, 15) is 18.0 Å². The molecule has 0 unspecified atom stereocenters. The van der Waals surface area contributed by atoms with Crippen LogP contribution in [-0.4, -0.2) is 11.0 Å². The second-order valence-electron chi connectivity index (χ2n) is 6.46. The summed E-state index contributed by atoms with van der Waals surface area (Å²) in [5.41, 5.74) is 11.6. The number of amides is 2. The van der Waals surface area contributed by atoms with Gasteiger partial charge in [-0.05, 0) is 48.9 Å². The highest BCUT2D eigenvalue weighted by Gasteiger charge is 2.33. The van der Waals surface area contributed by atoms with Gasteiger partial charge in [0.2, 0.25) is 0 Å². The van der Waals surface area contributed by atoms with Crippen LogP contribution in [0.3, 0.4) is 0 Å². The highest BCUT2D eigenvalue weighted by molar-refractivity contribution is 6.31. The number of aromatic nitrogens is 1. The molecule has 1 aromatic heterocycles. The molecule has 0 atom stereocenters. The zero-order valence-corrected chi connectivity index (χ0v) is 16.8. The summed E-state index contributed by atoms with van der Waals surface area (Å²) in [5.74, 6) is 0.905. The van der Waals surface area contributed by atoms with Gasteiger partial charge in [0.05, 0.1) is 10.6 Å². The number of anilines is 4. The number of pyridine rings is 1. The fraction of sp³-hybridized carbons (Fsp3) is 0.100. The molecule has 0 spiro atoms. The number of hydrogen-bond donors (Lipinski definition) is 4. The highest BCUT2D eigenvalue weighted by atomic mass is 35.5. The Morgan fingerprint density at radius 3 is 2.52 bits per heavy atom. The summed E-state index contributed by atoms with van der Waals surface area (Å²) < 4.78 is 44.6. The molecule has 3 rings (SSSR count). The molecule has 0 radical (unpaired) electrons. The van der Waals surface area contributed by atoms with Crippen molar-refractivity contribution in [1.29, 1.82) is 0 Å². The summed E-state index contributed by atoms with van der Waals surface area (Å²) in [7, 11) is 0. The van der Waals surface area contributed by atoms with Gasteiger partial charge in [-0.25, -0.2) is 9.78 Å². The van der Waals surface area contributed by atoms with Gasteiger partial charge in [-0.2, -0.15) is 13.2 Å². The van der Waals surface area contributed by atoms with Crippen molar-refractivity contribution in [1.82, 2.24) is 4.98 Å². The molecular weight excluding hydrogens is 435 g/mol. The van der Waals surface area contributed by atoms with Crippen LogP contribution in [0.4, 0.5) is 40.8 Å². The average molecular weight is 452 g/mol. The Labute approximate surface area is 180 Å². The molecule has 6 N–H and O–H groups in total. The van der Waals surface area contributed by atoms with Crippen molar-refractivity contribution in [3.8, 4) is 11.5 Å². The van der Waals surface area contributed by atoms with E-state index in [1.165, 1.54) is 12.3 Å². The van der Waals surface area contributed by atoms with E-state index >= 15 is 0 Å². The van der Waals surface area contributed by atoms with Crippen LogP contribution in [0.5, 0.6) is 11.5 Å². The van der Waals surface area contributed by atoms with E-state index < -0.39 is 22.8 Å². The van der Waals surface area contributed by atoms with Crippen LogP contribution in [0.1, 0.15) is 11.1 Å². The number of hydrogen-bond acceptors (Lipinski definition) is 5. The minimum Gasteiger partial charge on any atom is -0.455 e. The fourth-order valence-electron chi connectivity index (χ4n) is 2.63. The topological polar surface area (TPSA) is 115 Å². The summed E-state index contributed by atoms with van der Waals surface area (Å²) in [6.07, 6.45) is -3.18. The maximum Gasteiger partial charge on any atom is 0.417 e. The minimum atomic E-state index is -4.64. The van der Waals surface area contributed by atoms with Gasteiger partial charge in [0.25, 0.3) is 0 Å². The van der Waals surface area contributed by atoms with Crippen LogP contribution in [0.25, 0.3) is 0 Å². The number of aryl methyl sites for hydroxylation is 1. The molecule has 0 aliphatic rings. The largest absolute Gasteiger partial charge is 0.455 e. The SMILES string of the molecule is Cc1cc(Oc2ccnc(N)c2N)ccc1NC(=O)Nc1ccc(Cl)c(C(F)(F)F)c1. The first-order valence-corrected chi connectivity index (χ1v) is 9.15. The van der Waals surface area contributed by atoms with E-state index in [0.717, 1.165) is 12.1 Å². The minimum absolute atomic E-state index is 0.0578. The number of nitrogens with one attached hydrogen (secondary N) is 2. The third-order valence-electron chi connectivity index (χ3n) is 4.18. The van der Waals surface area contributed by atoms with Crippen molar-refractivity contribution >= 4 is 40.5 Å². The monoisotopic (exact) mass is 451 g/mol. The van der Waals surface area contributed by atoms with Crippen LogP contribution < -0.4 is 26.8 Å². The summed E-state index contributed by atoms with van der Waals surface area (Å²) in [4.78, 5) is 16.1. The van der Waals surface area contributed by atoms with Crippen molar-refractivity contribution < 1.29 is 22.7 Å². The maximum atomic E-state index is 13.0. The zero-order chi connectivity index (χ0) is 22.8. The molecule has 31 heavy (non-hydrogen) atoms. The normalized spacial score (nSPS) is 11.1. The summed E-state index contributed by atoms with van der Waals surface area (Å²) >= 11 is 5.58. The van der Waals surface area contributed by atoms with E-state index in [2.05, 4.69) is 15.6 Å². The van der Waals surface area contributed by atoms with E-state index in [4.69, 9.17) is 27.8 Å². The second-order valence-corrected chi connectivity index (χ2v) is 6.87. The molecule has 11 heteroatoms. The summed E-state index contributed by atoms with van der Waals surface area (Å²) in [5, 5.41) is 4.46. The van der Waals surface area contributed by atoms with E-state index in [0.29, 0.717) is 22.7 Å². The molecule has 0 aliphatic heterocycles. The van der Waals surface area contributed by atoms with Gasteiger partial charge in [-0.1, -0.05) is 11.6 Å². The number of halogens is 4. The Kier molecular flexibility index (Phi) is 6.11. The lowest BCUT2D eigenvalue weighted by atomic mass is 10.2. The Balaban J connectivity index is 1.70. The lowest BCUT2D eigenvalue weighted by molar-refractivity contribution is -0.137. The molecule has 162 valence electrons. The number of carbonyl (C=O) groups is 1. The van der Waals surface area contributed by atoms with Gasteiger partial charge >= 0.3 is 12.2 Å². The van der Waals surface area contributed by atoms with Gasteiger partial charge in [0.15, 0.2) is 5.75 Å². The number of urea groups is 1. The van der Waals surface area contributed by atoms with Crippen LogP contribution in [-0.2, 0) is 6.18 Å². The molecule has 2 amide bonds. The molecule has 7 nitrogen and oxygen atoms in total. The molecule has 0 fully saturated rings. The molecule has 1 heterocycles. The lowest BCUT2D eigenvalue weighted by Crippen LogP contribution is -2.20. The van der Waals surface area contributed by atoms with E-state index in [-0.39, 0.29) is 17.2 Å². The highest BCUT2D eigenvalue weighted by Crippen LogP contribution is 2.36. The average Bonchev–Trinajstić information content (AvgIpc) is 2.68. The number of nitrogen functional groups attached to an aromatic ring is 2. The molecule has 0 aliphatic carbocycles. The second kappa shape index (κ2) is 8.60. The third kappa shape index (κ3) is 5.28. The number of rotatable bonds is 4. The van der Waals surface area contributed by atoms with Crippen LogP contribution in [0, 0.1) is 6.92 Å². The molecular formula is C20H17ClF3N5O2. The van der Waals surface area contributed by atoms with E-state index in [1.54, 1.807) is 31.2 Å². The van der Waals surface area contributed by atoms with Gasteiger partial charge in [0, 0.05) is 23.6 Å². The Morgan fingerprint density at radius 2 is 1.84 bits per heavy atom. The molecule has 0 saturated heterocycles. The first kappa shape index (κ1) is 22.0. The van der Waals surface area contributed by atoms with Gasteiger partial charge in [-0.3, -0.25) is 0 Å². The summed E-state index contributed by atoms with van der Waals surface area (Å²) in [6.45, 7) is 1.72. The molecule has 2 aromatic carbocycles. The van der Waals surface area contributed by atoms with Gasteiger partial charge in [-0.15, -0.1) is 0 Å². The Morgan fingerprint density at radius 1 is 1.10 bits per heavy atom. The van der Waals surface area contributed by atoms with Crippen molar-refractivity contribution in [2.24, 2.45) is 0 Å². The smallest absolute Gasteiger partial charge is 0.417 e. The molecule has 0 bridgehead atoms. The molecule has 0 saturated carbocycles. The number of nitrogens with zero attached hydrogens (tertiary/aromatic N) is 1. The van der Waals surface area contributed by atoms with Crippen LogP contribution >= 0.6 is 11.6 Å². The van der Waals surface area contributed by atoms with Crippen molar-refractivity contribution in [3.63, 3.8) is 0 Å². The number of ether oxygens (including phenoxy) is 1. The Hall–Kier alpha value is -3.66. The maximum absolute atomic E-state index is 13.0. The van der Waals surface area contributed by atoms with Crippen molar-refractivity contribution in [2.45, 2.75) is 13.1 Å². The predicted molar refractivity (Wildman–Crippen MR) is 113 cm³/mol. The van der Waals surface area contributed by atoms with Crippen molar-refractivity contribution in [2.75, 3.05) is 22.1 Å². The number of alkyl halides is 3. The van der Waals surface area contributed by atoms with Crippen molar-refractivity contribution in [3.05, 3.63) is 64.8 Å². The zero-order valence-electron chi connectivity index (χ0n) is 16.0. The van der Waals surface area contributed by atoms with Gasteiger partial charge < -0.3 is 26.8 Å². The van der Waals surface area contributed by atoms with Crippen LogP contribution in [0.15, 0.2) is 48.7 Å². The standard InChI is InChI=1S/C20H17ClF3N5O2/c1-10-8-12(31-16-6-7-27-18(26)17(16)25)3-5-15(10)29-19(30)28-11-2-4-14(21)13(9-11)20(22,23)24/h2-9H,25H2,1H3,(H2,26,27)(H2,28,29,30).